The van der Waals surface area contributed by atoms with E-state index in [2.05, 4.69) is 6.07 Å². The van der Waals surface area contributed by atoms with E-state index >= 15 is 0 Å². The van der Waals surface area contributed by atoms with E-state index in [1.165, 1.54) is 0 Å². The Bertz CT molecular complexity index is 317. The zero-order valence-electron chi connectivity index (χ0n) is 7.15. The smallest absolute Gasteiger partial charge is 0.222 e. The van der Waals surface area contributed by atoms with Gasteiger partial charge in [0.2, 0.25) is 0 Å². The summed E-state index contributed by atoms with van der Waals surface area (Å²) in [6, 6.07) is 5.45. The first-order valence-corrected chi connectivity index (χ1v) is 3.80. The molecule has 0 aliphatic heterocycles. The first kappa shape index (κ1) is 11.9. The fraction of sp³-hybridized carbons (Fsp3) is 0.333. The van der Waals surface area contributed by atoms with Crippen LogP contribution in [0.15, 0.2) is 24.3 Å². The summed E-state index contributed by atoms with van der Waals surface area (Å²) in [5, 5.41) is 0. The van der Waals surface area contributed by atoms with Crippen LogP contribution in [0.3, 0.4) is 0 Å². The van der Waals surface area contributed by atoms with Crippen LogP contribution in [0, 0.1) is 6.07 Å². The Labute approximate surface area is 81.5 Å². The summed E-state index contributed by atoms with van der Waals surface area (Å²) in [6.45, 7) is 0. The number of hydrogen-bond acceptors (Lipinski definition) is 0. The van der Waals surface area contributed by atoms with Crippen molar-refractivity contribution < 1.29 is 26.3 Å². The molecular weight excluding hydrogens is 222 g/mol. The van der Waals surface area contributed by atoms with Crippen LogP contribution in [-0.4, -0.2) is 12.6 Å². The van der Waals surface area contributed by atoms with E-state index < -0.39 is 23.8 Å². The zero-order valence-corrected chi connectivity index (χ0v) is 7.15. The molecule has 0 saturated carbocycles. The van der Waals surface area contributed by atoms with Crippen LogP contribution in [0.25, 0.3) is 0 Å². The van der Waals surface area contributed by atoms with Crippen molar-refractivity contribution in [3.05, 3.63) is 35.9 Å². The standard InChI is InChI=1S/C9H5F6/c10-7(11)8(12,9(13,14)15)6-4-2-1-3-5-6/h2-5,7H. The molecule has 1 unspecified atom stereocenters. The molecule has 0 aliphatic rings. The predicted octanol–water partition coefficient (Wildman–Crippen LogP) is 3.48. The molecule has 0 aliphatic carbocycles. The van der Waals surface area contributed by atoms with Crippen LogP contribution in [0.4, 0.5) is 26.3 Å². The zero-order chi connectivity index (χ0) is 11.7. The molecule has 15 heavy (non-hydrogen) atoms. The second-order valence-corrected chi connectivity index (χ2v) is 2.80. The largest absolute Gasteiger partial charge is 0.432 e. The molecule has 0 N–H and O–H groups in total. The molecular formula is C9H5F6. The molecule has 1 aromatic carbocycles. The lowest BCUT2D eigenvalue weighted by molar-refractivity contribution is -0.274. The lowest BCUT2D eigenvalue weighted by atomic mass is 9.95. The first-order valence-electron chi connectivity index (χ1n) is 3.80. The van der Waals surface area contributed by atoms with Gasteiger partial charge in [0.15, 0.2) is 0 Å². The highest BCUT2D eigenvalue weighted by atomic mass is 19.4. The van der Waals surface area contributed by atoms with Crippen LogP contribution < -0.4 is 0 Å². The van der Waals surface area contributed by atoms with Crippen molar-refractivity contribution in [3.8, 4) is 0 Å². The van der Waals surface area contributed by atoms with Crippen molar-refractivity contribution in [2.45, 2.75) is 18.3 Å². The van der Waals surface area contributed by atoms with Gasteiger partial charge in [-0.05, 0) is 6.07 Å². The molecule has 0 spiro atoms. The van der Waals surface area contributed by atoms with Crippen LogP contribution in [-0.2, 0) is 5.67 Å². The Kier molecular flexibility index (Phi) is 2.97. The van der Waals surface area contributed by atoms with E-state index in [4.69, 9.17) is 0 Å². The van der Waals surface area contributed by atoms with Gasteiger partial charge >= 0.3 is 6.18 Å². The third-order valence-electron chi connectivity index (χ3n) is 1.85. The van der Waals surface area contributed by atoms with Gasteiger partial charge in [0.25, 0.3) is 12.1 Å². The Balaban J connectivity index is 3.26. The van der Waals surface area contributed by atoms with Crippen molar-refractivity contribution in [2.24, 2.45) is 0 Å². The topological polar surface area (TPSA) is 0 Å². The minimum Gasteiger partial charge on any atom is -0.222 e. The van der Waals surface area contributed by atoms with Gasteiger partial charge in [-0.15, -0.1) is 0 Å². The molecule has 1 atom stereocenters. The van der Waals surface area contributed by atoms with Gasteiger partial charge in [0.1, 0.15) is 0 Å². The summed E-state index contributed by atoms with van der Waals surface area (Å²) in [7, 11) is 0. The van der Waals surface area contributed by atoms with Crippen LogP contribution >= 0.6 is 0 Å². The van der Waals surface area contributed by atoms with E-state index in [1.54, 1.807) is 0 Å². The molecule has 1 aromatic rings. The molecule has 0 aromatic heterocycles. The van der Waals surface area contributed by atoms with E-state index in [0.29, 0.717) is 12.1 Å². The fourth-order valence-electron chi connectivity index (χ4n) is 1.04. The number of halogens is 6. The maximum Gasteiger partial charge on any atom is 0.432 e. The summed E-state index contributed by atoms with van der Waals surface area (Å²) >= 11 is 0. The van der Waals surface area contributed by atoms with Gasteiger partial charge in [-0.3, -0.25) is 0 Å². The molecule has 0 nitrogen and oxygen atoms in total. The Hall–Kier alpha value is -1.20. The highest BCUT2D eigenvalue weighted by molar-refractivity contribution is 5.24. The predicted molar refractivity (Wildman–Crippen MR) is 40.1 cm³/mol. The lowest BCUT2D eigenvalue weighted by Gasteiger charge is -2.27. The molecule has 0 fully saturated rings. The minimum atomic E-state index is -5.65. The van der Waals surface area contributed by atoms with E-state index in [-0.39, 0.29) is 0 Å². The van der Waals surface area contributed by atoms with E-state index in [0.717, 1.165) is 12.1 Å². The maximum atomic E-state index is 13.3. The second kappa shape index (κ2) is 3.75. The Morgan fingerprint density at radius 1 is 1.00 bits per heavy atom. The van der Waals surface area contributed by atoms with Gasteiger partial charge < -0.3 is 0 Å². The number of hydrogen-bond donors (Lipinski definition) is 0. The van der Waals surface area contributed by atoms with Crippen molar-refractivity contribution in [1.82, 2.24) is 0 Å². The molecule has 6 heteroatoms. The lowest BCUT2D eigenvalue weighted by Crippen LogP contribution is -2.44. The van der Waals surface area contributed by atoms with Crippen LogP contribution in [0.5, 0.6) is 0 Å². The van der Waals surface area contributed by atoms with E-state index in [9.17, 15) is 26.3 Å². The van der Waals surface area contributed by atoms with Crippen LogP contribution in [0.1, 0.15) is 5.56 Å². The van der Waals surface area contributed by atoms with Gasteiger partial charge in [-0.25, -0.2) is 13.2 Å². The highest BCUT2D eigenvalue weighted by Gasteiger charge is 2.63. The summed E-state index contributed by atoms with van der Waals surface area (Å²) in [4.78, 5) is 0. The third kappa shape index (κ3) is 1.93. The molecule has 0 amide bonds. The summed E-state index contributed by atoms with van der Waals surface area (Å²) in [5.41, 5.74) is -5.74. The number of rotatable bonds is 2. The Morgan fingerprint density at radius 2 is 1.47 bits per heavy atom. The molecule has 0 saturated heterocycles. The normalized spacial score (nSPS) is 16.5. The van der Waals surface area contributed by atoms with Gasteiger partial charge in [-0.1, -0.05) is 24.3 Å². The first-order chi connectivity index (χ1) is 6.80. The Morgan fingerprint density at radius 3 is 1.80 bits per heavy atom. The highest BCUT2D eigenvalue weighted by Crippen LogP contribution is 2.46. The monoisotopic (exact) mass is 227 g/mol. The van der Waals surface area contributed by atoms with Gasteiger partial charge in [0.05, 0.1) is 0 Å². The summed E-state index contributed by atoms with van der Waals surface area (Å²) in [5.74, 6) is 0. The van der Waals surface area contributed by atoms with E-state index in [1.807, 2.05) is 0 Å². The number of benzene rings is 1. The minimum absolute atomic E-state index is 0.625. The fourth-order valence-corrected chi connectivity index (χ4v) is 1.04. The molecule has 0 bridgehead atoms. The van der Waals surface area contributed by atoms with Gasteiger partial charge in [-0.2, -0.15) is 13.2 Å². The van der Waals surface area contributed by atoms with Crippen molar-refractivity contribution in [3.63, 3.8) is 0 Å². The quantitative estimate of drug-likeness (QED) is 0.678. The second-order valence-electron chi connectivity index (χ2n) is 2.80. The summed E-state index contributed by atoms with van der Waals surface area (Å²) < 4.78 is 74.1. The van der Waals surface area contributed by atoms with Crippen molar-refractivity contribution >= 4 is 0 Å². The number of alkyl halides is 6. The average molecular weight is 227 g/mol. The molecule has 0 heterocycles. The molecule has 83 valence electrons. The molecule has 1 radical (unpaired) electrons. The van der Waals surface area contributed by atoms with Crippen molar-refractivity contribution in [1.29, 1.82) is 0 Å². The van der Waals surface area contributed by atoms with Gasteiger partial charge in [0, 0.05) is 5.56 Å². The molecule has 1 rings (SSSR count). The average Bonchev–Trinajstić information content (AvgIpc) is 2.16. The van der Waals surface area contributed by atoms with Crippen LogP contribution in [0.2, 0.25) is 0 Å². The maximum absolute atomic E-state index is 13.3. The summed E-state index contributed by atoms with van der Waals surface area (Å²) in [6.07, 6.45) is -9.82. The SMILES string of the molecule is FC(F)C(F)(c1cc[c]cc1)C(F)(F)F. The third-order valence-corrected chi connectivity index (χ3v) is 1.85. The van der Waals surface area contributed by atoms with Crippen molar-refractivity contribution in [2.75, 3.05) is 0 Å².